The van der Waals surface area contributed by atoms with E-state index in [-0.39, 0.29) is 6.54 Å². The molecule has 1 aromatic carbocycles. The first-order chi connectivity index (χ1) is 7.52. The SMILES string of the molecule is CC1(C)Oc2cc(Br)c(CN=C=O)cc2O1. The molecule has 1 heterocycles. The van der Waals surface area contributed by atoms with Crippen LogP contribution in [0, 0.1) is 0 Å². The lowest BCUT2D eigenvalue weighted by molar-refractivity contribution is -0.0431. The van der Waals surface area contributed by atoms with Crippen molar-refractivity contribution in [1.29, 1.82) is 0 Å². The number of halogens is 1. The minimum absolute atomic E-state index is 0.279. The van der Waals surface area contributed by atoms with E-state index in [0.29, 0.717) is 11.5 Å². The predicted molar refractivity (Wildman–Crippen MR) is 61.3 cm³/mol. The lowest BCUT2D eigenvalue weighted by atomic mass is 10.2. The van der Waals surface area contributed by atoms with Gasteiger partial charge >= 0.3 is 0 Å². The van der Waals surface area contributed by atoms with Gasteiger partial charge in [0.05, 0.1) is 6.54 Å². The molecule has 1 aliphatic rings. The normalized spacial score (nSPS) is 15.7. The van der Waals surface area contributed by atoms with Gasteiger partial charge in [0, 0.05) is 18.3 Å². The highest BCUT2D eigenvalue weighted by atomic mass is 79.9. The first-order valence-electron chi connectivity index (χ1n) is 4.76. The van der Waals surface area contributed by atoms with Crippen LogP contribution in [0.3, 0.4) is 0 Å². The molecule has 0 fully saturated rings. The minimum atomic E-state index is -0.645. The Hall–Kier alpha value is -1.32. The summed E-state index contributed by atoms with van der Waals surface area (Å²) in [5, 5.41) is 0. The third kappa shape index (κ3) is 2.10. The standard InChI is InChI=1S/C11H10BrNO3/c1-11(2)15-9-3-7(5-13-6-14)8(12)4-10(9)16-11/h3-4H,5H2,1-2H3. The average Bonchev–Trinajstić information content (AvgIpc) is 2.47. The summed E-state index contributed by atoms with van der Waals surface area (Å²) in [6.07, 6.45) is 1.51. The zero-order valence-corrected chi connectivity index (χ0v) is 10.5. The van der Waals surface area contributed by atoms with Gasteiger partial charge in [-0.3, -0.25) is 0 Å². The molecular formula is C11H10BrNO3. The summed E-state index contributed by atoms with van der Waals surface area (Å²) in [5.41, 5.74) is 0.864. The number of carbonyl (C=O) groups excluding carboxylic acids is 1. The highest BCUT2D eigenvalue weighted by Crippen LogP contribution is 2.42. The van der Waals surface area contributed by atoms with Crippen molar-refractivity contribution in [2.75, 3.05) is 0 Å². The Labute approximate surface area is 101 Å². The molecule has 4 nitrogen and oxygen atoms in total. The van der Waals surface area contributed by atoms with Crippen LogP contribution in [-0.2, 0) is 11.3 Å². The highest BCUT2D eigenvalue weighted by molar-refractivity contribution is 9.10. The number of nitrogens with zero attached hydrogens (tertiary/aromatic N) is 1. The Morgan fingerprint density at radius 3 is 2.62 bits per heavy atom. The number of hydrogen-bond donors (Lipinski definition) is 0. The third-order valence-electron chi connectivity index (χ3n) is 2.14. The molecule has 0 N–H and O–H groups in total. The van der Waals surface area contributed by atoms with Gasteiger partial charge in [0.1, 0.15) is 0 Å². The number of rotatable bonds is 2. The second-order valence-corrected chi connectivity index (χ2v) is 4.76. The van der Waals surface area contributed by atoms with E-state index in [1.807, 2.05) is 26.0 Å². The highest BCUT2D eigenvalue weighted by Gasteiger charge is 2.32. The molecule has 0 spiro atoms. The maximum atomic E-state index is 10.1. The van der Waals surface area contributed by atoms with E-state index in [1.54, 1.807) is 0 Å². The molecule has 84 valence electrons. The van der Waals surface area contributed by atoms with Gasteiger partial charge in [0.15, 0.2) is 11.5 Å². The molecule has 2 rings (SSSR count). The molecule has 0 atom stereocenters. The molecule has 0 amide bonds. The molecule has 0 aliphatic carbocycles. The number of fused-ring (bicyclic) bond motifs is 1. The van der Waals surface area contributed by atoms with Gasteiger partial charge in [0.2, 0.25) is 11.9 Å². The fourth-order valence-electron chi connectivity index (χ4n) is 1.53. The minimum Gasteiger partial charge on any atom is -0.449 e. The van der Waals surface area contributed by atoms with Crippen LogP contribution in [0.1, 0.15) is 19.4 Å². The molecule has 0 saturated carbocycles. The van der Waals surface area contributed by atoms with E-state index in [2.05, 4.69) is 20.9 Å². The summed E-state index contributed by atoms with van der Waals surface area (Å²) in [7, 11) is 0. The number of benzene rings is 1. The van der Waals surface area contributed by atoms with Crippen LogP contribution in [0.4, 0.5) is 0 Å². The van der Waals surface area contributed by atoms with Crippen LogP contribution in [0.15, 0.2) is 21.6 Å². The number of isocyanates is 1. The van der Waals surface area contributed by atoms with Crippen LogP contribution < -0.4 is 9.47 Å². The van der Waals surface area contributed by atoms with Crippen LogP contribution in [0.2, 0.25) is 0 Å². The van der Waals surface area contributed by atoms with Crippen LogP contribution >= 0.6 is 15.9 Å². The largest absolute Gasteiger partial charge is 0.449 e. The summed E-state index contributed by atoms with van der Waals surface area (Å²) < 4.78 is 12.0. The maximum Gasteiger partial charge on any atom is 0.246 e. The van der Waals surface area contributed by atoms with Crippen molar-refractivity contribution < 1.29 is 14.3 Å². The van der Waals surface area contributed by atoms with E-state index in [0.717, 1.165) is 10.0 Å². The summed E-state index contributed by atoms with van der Waals surface area (Å²) in [6, 6.07) is 3.63. The molecule has 0 radical (unpaired) electrons. The van der Waals surface area contributed by atoms with E-state index in [9.17, 15) is 4.79 Å². The van der Waals surface area contributed by atoms with E-state index in [4.69, 9.17) is 9.47 Å². The number of ether oxygens (including phenoxy) is 2. The molecule has 0 unspecified atom stereocenters. The van der Waals surface area contributed by atoms with Crippen molar-refractivity contribution in [3.05, 3.63) is 22.2 Å². The zero-order chi connectivity index (χ0) is 11.8. The molecule has 16 heavy (non-hydrogen) atoms. The van der Waals surface area contributed by atoms with Gasteiger partial charge in [-0.2, -0.15) is 0 Å². The van der Waals surface area contributed by atoms with Crippen molar-refractivity contribution in [1.82, 2.24) is 0 Å². The monoisotopic (exact) mass is 283 g/mol. The van der Waals surface area contributed by atoms with Gasteiger partial charge in [-0.25, -0.2) is 9.79 Å². The van der Waals surface area contributed by atoms with Gasteiger partial charge in [0.25, 0.3) is 0 Å². The van der Waals surface area contributed by atoms with E-state index >= 15 is 0 Å². The Morgan fingerprint density at radius 2 is 2.00 bits per heavy atom. The van der Waals surface area contributed by atoms with Crippen LogP contribution in [-0.4, -0.2) is 11.9 Å². The van der Waals surface area contributed by atoms with Crippen molar-refractivity contribution in [2.45, 2.75) is 26.2 Å². The Bertz CT molecular complexity index is 478. The van der Waals surface area contributed by atoms with Gasteiger partial charge < -0.3 is 9.47 Å². The van der Waals surface area contributed by atoms with Crippen LogP contribution in [0.25, 0.3) is 0 Å². The molecule has 1 aromatic rings. The number of aliphatic imine (C=N–C) groups is 1. The Kier molecular flexibility index (Phi) is 2.74. The average molecular weight is 284 g/mol. The maximum absolute atomic E-state index is 10.1. The van der Waals surface area contributed by atoms with Crippen LogP contribution in [0.5, 0.6) is 11.5 Å². The quantitative estimate of drug-likeness (QED) is 0.619. The van der Waals surface area contributed by atoms with Crippen molar-refractivity contribution >= 4 is 22.0 Å². The van der Waals surface area contributed by atoms with Crippen molar-refractivity contribution in [3.63, 3.8) is 0 Å². The lowest BCUT2D eigenvalue weighted by Gasteiger charge is -2.16. The fraction of sp³-hybridized carbons (Fsp3) is 0.364. The second-order valence-electron chi connectivity index (χ2n) is 3.90. The second kappa shape index (κ2) is 3.92. The van der Waals surface area contributed by atoms with Gasteiger partial charge in [-0.1, -0.05) is 15.9 Å². The first kappa shape index (κ1) is 11.2. The summed E-state index contributed by atoms with van der Waals surface area (Å²) in [4.78, 5) is 13.6. The summed E-state index contributed by atoms with van der Waals surface area (Å²) in [5.74, 6) is 0.717. The topological polar surface area (TPSA) is 47.9 Å². The van der Waals surface area contributed by atoms with E-state index in [1.165, 1.54) is 6.08 Å². The van der Waals surface area contributed by atoms with Crippen molar-refractivity contribution in [2.24, 2.45) is 4.99 Å². The summed E-state index contributed by atoms with van der Waals surface area (Å²) in [6.45, 7) is 3.95. The fourth-order valence-corrected chi connectivity index (χ4v) is 1.97. The third-order valence-corrected chi connectivity index (χ3v) is 2.88. The smallest absolute Gasteiger partial charge is 0.246 e. The Morgan fingerprint density at radius 1 is 1.38 bits per heavy atom. The molecule has 5 heteroatoms. The van der Waals surface area contributed by atoms with Gasteiger partial charge in [-0.05, 0) is 17.7 Å². The Balaban J connectivity index is 2.36. The molecule has 0 bridgehead atoms. The molecule has 0 saturated heterocycles. The first-order valence-corrected chi connectivity index (χ1v) is 5.55. The summed E-state index contributed by atoms with van der Waals surface area (Å²) >= 11 is 3.39. The molecule has 1 aliphatic heterocycles. The van der Waals surface area contributed by atoms with Gasteiger partial charge in [-0.15, -0.1) is 0 Å². The molecule has 0 aromatic heterocycles. The van der Waals surface area contributed by atoms with E-state index < -0.39 is 5.79 Å². The lowest BCUT2D eigenvalue weighted by Crippen LogP contribution is -2.29. The zero-order valence-electron chi connectivity index (χ0n) is 8.91. The van der Waals surface area contributed by atoms with Crippen molar-refractivity contribution in [3.8, 4) is 11.5 Å². The number of hydrogen-bond acceptors (Lipinski definition) is 4. The predicted octanol–water partition coefficient (Wildman–Crippen LogP) is 2.79. The molecular weight excluding hydrogens is 274 g/mol.